The predicted octanol–water partition coefficient (Wildman–Crippen LogP) is 3.02. The van der Waals surface area contributed by atoms with E-state index in [0.29, 0.717) is 5.75 Å². The lowest BCUT2D eigenvalue weighted by Crippen LogP contribution is -2.46. The standard InChI is InChI=1S/C23H30N4O3/c1-23(2,3)30-21(28)16-29-20-10-8-19(9-11-20)27-14-12-26(13-15-27)18-6-4-17(5-7-18)22(24)25/h4-11H,12-16H2,1-3H3,(H3,24,25). The number of rotatable bonds is 6. The molecule has 0 bridgehead atoms. The van der Waals surface area contributed by atoms with Crippen molar-refractivity contribution in [2.75, 3.05) is 42.6 Å². The van der Waals surface area contributed by atoms with E-state index in [0.717, 1.165) is 43.1 Å². The van der Waals surface area contributed by atoms with E-state index in [-0.39, 0.29) is 18.4 Å². The van der Waals surface area contributed by atoms with Gasteiger partial charge in [-0.2, -0.15) is 0 Å². The van der Waals surface area contributed by atoms with Crippen molar-refractivity contribution in [3.8, 4) is 5.75 Å². The average molecular weight is 411 g/mol. The summed E-state index contributed by atoms with van der Waals surface area (Å²) in [6, 6.07) is 15.6. The van der Waals surface area contributed by atoms with Gasteiger partial charge in [-0.1, -0.05) is 0 Å². The zero-order valence-corrected chi connectivity index (χ0v) is 17.9. The van der Waals surface area contributed by atoms with E-state index in [1.54, 1.807) is 0 Å². The van der Waals surface area contributed by atoms with Crippen LogP contribution in [0.3, 0.4) is 0 Å². The minimum absolute atomic E-state index is 0.0879. The smallest absolute Gasteiger partial charge is 0.344 e. The molecule has 0 amide bonds. The Morgan fingerprint density at radius 3 is 1.83 bits per heavy atom. The van der Waals surface area contributed by atoms with Gasteiger partial charge in [0.1, 0.15) is 17.2 Å². The van der Waals surface area contributed by atoms with E-state index < -0.39 is 5.60 Å². The van der Waals surface area contributed by atoms with Crippen LogP contribution in [0.4, 0.5) is 11.4 Å². The molecular weight excluding hydrogens is 380 g/mol. The number of carbonyl (C=O) groups excluding carboxylic acids is 1. The van der Waals surface area contributed by atoms with Crippen molar-refractivity contribution in [3.63, 3.8) is 0 Å². The summed E-state index contributed by atoms with van der Waals surface area (Å²) < 4.78 is 10.8. The van der Waals surface area contributed by atoms with Crippen LogP contribution in [0.25, 0.3) is 0 Å². The Hall–Kier alpha value is -3.22. The molecule has 2 aromatic rings. The molecular formula is C23H30N4O3. The molecule has 1 aliphatic rings. The molecule has 30 heavy (non-hydrogen) atoms. The van der Waals surface area contributed by atoms with Gasteiger partial charge in [-0.05, 0) is 69.3 Å². The Morgan fingerprint density at radius 1 is 0.933 bits per heavy atom. The Bertz CT molecular complexity index is 865. The van der Waals surface area contributed by atoms with Crippen LogP contribution in [0.5, 0.6) is 5.75 Å². The summed E-state index contributed by atoms with van der Waals surface area (Å²) in [6.45, 7) is 9.05. The van der Waals surface area contributed by atoms with Gasteiger partial charge in [0.25, 0.3) is 0 Å². The first-order chi connectivity index (χ1) is 14.2. The minimum Gasteiger partial charge on any atom is -0.482 e. The third kappa shape index (κ3) is 5.89. The highest BCUT2D eigenvalue weighted by Crippen LogP contribution is 2.23. The average Bonchev–Trinajstić information content (AvgIpc) is 2.72. The second-order valence-corrected chi connectivity index (χ2v) is 8.30. The number of ether oxygens (including phenoxy) is 2. The third-order valence-corrected chi connectivity index (χ3v) is 4.80. The summed E-state index contributed by atoms with van der Waals surface area (Å²) in [7, 11) is 0. The van der Waals surface area contributed by atoms with E-state index in [9.17, 15) is 4.79 Å². The minimum atomic E-state index is -0.512. The summed E-state index contributed by atoms with van der Waals surface area (Å²) in [5, 5.41) is 7.49. The van der Waals surface area contributed by atoms with Crippen LogP contribution in [0.2, 0.25) is 0 Å². The first kappa shape index (κ1) is 21.5. The van der Waals surface area contributed by atoms with Crippen molar-refractivity contribution >= 4 is 23.2 Å². The molecule has 1 fully saturated rings. The number of hydrogen-bond donors (Lipinski definition) is 2. The van der Waals surface area contributed by atoms with Crippen molar-refractivity contribution in [3.05, 3.63) is 54.1 Å². The largest absolute Gasteiger partial charge is 0.482 e. The van der Waals surface area contributed by atoms with Gasteiger partial charge in [-0.3, -0.25) is 5.41 Å². The zero-order chi connectivity index (χ0) is 21.7. The highest BCUT2D eigenvalue weighted by molar-refractivity contribution is 5.95. The molecule has 1 heterocycles. The first-order valence-electron chi connectivity index (χ1n) is 10.1. The fourth-order valence-electron chi connectivity index (χ4n) is 3.34. The van der Waals surface area contributed by atoms with Crippen LogP contribution in [0.1, 0.15) is 26.3 Å². The highest BCUT2D eigenvalue weighted by atomic mass is 16.6. The Kier molecular flexibility index (Phi) is 6.50. The topological polar surface area (TPSA) is 91.9 Å². The van der Waals surface area contributed by atoms with Crippen LogP contribution >= 0.6 is 0 Å². The Balaban J connectivity index is 1.50. The third-order valence-electron chi connectivity index (χ3n) is 4.80. The summed E-state index contributed by atoms with van der Waals surface area (Å²) >= 11 is 0. The molecule has 3 N–H and O–H groups in total. The number of piperazine rings is 1. The van der Waals surface area contributed by atoms with E-state index in [1.807, 2.05) is 69.3 Å². The quantitative estimate of drug-likeness (QED) is 0.432. The second kappa shape index (κ2) is 9.07. The van der Waals surface area contributed by atoms with Gasteiger partial charge < -0.3 is 25.0 Å². The summed E-state index contributed by atoms with van der Waals surface area (Å²) in [4.78, 5) is 16.4. The number of nitrogens with two attached hydrogens (primary N) is 1. The predicted molar refractivity (Wildman–Crippen MR) is 120 cm³/mol. The Morgan fingerprint density at radius 2 is 1.40 bits per heavy atom. The number of hydrogen-bond acceptors (Lipinski definition) is 6. The number of nitrogens with zero attached hydrogens (tertiary/aromatic N) is 2. The lowest BCUT2D eigenvalue weighted by molar-refractivity contribution is -0.157. The molecule has 0 atom stereocenters. The fourth-order valence-corrected chi connectivity index (χ4v) is 3.34. The summed E-state index contributed by atoms with van der Waals surface area (Å²) in [5.74, 6) is 0.359. The molecule has 7 nitrogen and oxygen atoms in total. The molecule has 0 spiro atoms. The summed E-state index contributed by atoms with van der Waals surface area (Å²) in [5.41, 5.74) is 8.03. The van der Waals surface area contributed by atoms with Crippen LogP contribution in [0, 0.1) is 5.41 Å². The molecule has 3 rings (SSSR count). The van der Waals surface area contributed by atoms with E-state index >= 15 is 0 Å². The number of esters is 1. The van der Waals surface area contributed by atoms with Crippen molar-refractivity contribution in [1.29, 1.82) is 5.41 Å². The molecule has 160 valence electrons. The second-order valence-electron chi connectivity index (χ2n) is 8.30. The van der Waals surface area contributed by atoms with Crippen LogP contribution < -0.4 is 20.3 Å². The van der Waals surface area contributed by atoms with Gasteiger partial charge in [0, 0.05) is 43.1 Å². The molecule has 0 aliphatic carbocycles. The molecule has 0 aromatic heterocycles. The molecule has 0 radical (unpaired) electrons. The first-order valence-corrected chi connectivity index (χ1v) is 10.1. The van der Waals surface area contributed by atoms with Gasteiger partial charge in [-0.15, -0.1) is 0 Å². The van der Waals surface area contributed by atoms with E-state index in [1.165, 1.54) is 0 Å². The maximum absolute atomic E-state index is 11.8. The molecule has 1 saturated heterocycles. The number of benzene rings is 2. The number of nitrogen functional groups attached to an aromatic ring is 1. The van der Waals surface area contributed by atoms with Crippen molar-refractivity contribution < 1.29 is 14.3 Å². The van der Waals surface area contributed by atoms with Crippen molar-refractivity contribution in [1.82, 2.24) is 0 Å². The maximum Gasteiger partial charge on any atom is 0.344 e. The molecule has 0 saturated carbocycles. The van der Waals surface area contributed by atoms with Gasteiger partial charge in [0.2, 0.25) is 0 Å². The highest BCUT2D eigenvalue weighted by Gasteiger charge is 2.19. The molecule has 2 aromatic carbocycles. The molecule has 0 unspecified atom stereocenters. The van der Waals surface area contributed by atoms with Crippen molar-refractivity contribution in [2.45, 2.75) is 26.4 Å². The lowest BCUT2D eigenvalue weighted by atomic mass is 10.1. The molecule has 7 heteroatoms. The van der Waals surface area contributed by atoms with Crippen LogP contribution in [-0.2, 0) is 9.53 Å². The zero-order valence-electron chi connectivity index (χ0n) is 17.9. The Labute approximate surface area is 177 Å². The SMILES string of the molecule is CC(C)(C)OC(=O)COc1ccc(N2CCN(c3ccc(C(=N)N)cc3)CC2)cc1. The van der Waals surface area contributed by atoms with Gasteiger partial charge in [-0.25, -0.2) is 4.79 Å². The van der Waals surface area contributed by atoms with Gasteiger partial charge >= 0.3 is 5.97 Å². The number of carbonyl (C=O) groups is 1. The van der Waals surface area contributed by atoms with Crippen LogP contribution in [0.15, 0.2) is 48.5 Å². The summed E-state index contributed by atoms with van der Waals surface area (Å²) in [6.07, 6.45) is 0. The number of nitrogens with one attached hydrogen (secondary N) is 1. The normalized spacial score (nSPS) is 14.4. The lowest BCUT2D eigenvalue weighted by Gasteiger charge is -2.37. The van der Waals surface area contributed by atoms with Gasteiger partial charge in [0.15, 0.2) is 6.61 Å². The maximum atomic E-state index is 11.8. The molecule has 1 aliphatic heterocycles. The van der Waals surface area contributed by atoms with E-state index in [4.69, 9.17) is 20.6 Å². The van der Waals surface area contributed by atoms with Crippen molar-refractivity contribution in [2.24, 2.45) is 5.73 Å². The van der Waals surface area contributed by atoms with Crippen LogP contribution in [-0.4, -0.2) is 50.2 Å². The van der Waals surface area contributed by atoms with E-state index in [2.05, 4.69) is 9.80 Å². The number of anilines is 2. The number of amidine groups is 1. The monoisotopic (exact) mass is 410 g/mol. The van der Waals surface area contributed by atoms with Gasteiger partial charge in [0.05, 0.1) is 0 Å². The fraction of sp³-hybridized carbons (Fsp3) is 0.391.